The van der Waals surface area contributed by atoms with Gasteiger partial charge in [0.15, 0.2) is 11.5 Å². The quantitative estimate of drug-likeness (QED) is 0.520. The second-order valence-electron chi connectivity index (χ2n) is 8.92. The van der Waals surface area contributed by atoms with E-state index in [0.29, 0.717) is 69.9 Å². The Bertz CT molecular complexity index is 1280. The van der Waals surface area contributed by atoms with Gasteiger partial charge >= 0.3 is 6.18 Å². The number of pyridine rings is 1. The van der Waals surface area contributed by atoms with Gasteiger partial charge < -0.3 is 28.9 Å². The minimum absolute atomic E-state index is 0.0391. The van der Waals surface area contributed by atoms with Crippen molar-refractivity contribution in [2.24, 2.45) is 0 Å². The largest absolute Gasteiger partial charge is 0.454 e. The van der Waals surface area contributed by atoms with E-state index in [2.05, 4.69) is 14.9 Å². The van der Waals surface area contributed by atoms with Gasteiger partial charge in [0.2, 0.25) is 12.7 Å². The third kappa shape index (κ3) is 4.68. The number of piperazine rings is 1. The van der Waals surface area contributed by atoms with Crippen LogP contribution < -0.4 is 24.2 Å². The molecule has 3 aromatic rings. The third-order valence-corrected chi connectivity index (χ3v) is 6.70. The van der Waals surface area contributed by atoms with Gasteiger partial charge in [-0.05, 0) is 29.8 Å². The van der Waals surface area contributed by atoms with E-state index in [1.54, 1.807) is 11.1 Å². The molecule has 3 aliphatic rings. The van der Waals surface area contributed by atoms with Crippen LogP contribution in [0.25, 0.3) is 11.1 Å². The molecule has 6 rings (SSSR count). The van der Waals surface area contributed by atoms with Crippen molar-refractivity contribution in [3.05, 3.63) is 48.3 Å². The minimum atomic E-state index is -4.46. The number of morpholine rings is 1. The number of ether oxygens (including phenoxy) is 3. The first-order chi connectivity index (χ1) is 18.0. The van der Waals surface area contributed by atoms with Crippen molar-refractivity contribution in [1.82, 2.24) is 15.0 Å². The smallest absolute Gasteiger partial charge is 0.419 e. The molecule has 0 atom stereocenters. The fraction of sp³-hybridized carbons (Fsp3) is 0.400. The Morgan fingerprint density at radius 1 is 0.784 bits per heavy atom. The van der Waals surface area contributed by atoms with Gasteiger partial charge in [0, 0.05) is 57.2 Å². The summed E-state index contributed by atoms with van der Waals surface area (Å²) in [7, 11) is 0. The van der Waals surface area contributed by atoms with E-state index in [-0.39, 0.29) is 12.6 Å². The summed E-state index contributed by atoms with van der Waals surface area (Å²) in [6.07, 6.45) is -1.26. The van der Waals surface area contributed by atoms with Crippen LogP contribution in [0.4, 0.5) is 30.8 Å². The van der Waals surface area contributed by atoms with Gasteiger partial charge in [-0.3, -0.25) is 0 Å². The predicted octanol–water partition coefficient (Wildman–Crippen LogP) is 3.45. The van der Waals surface area contributed by atoms with E-state index < -0.39 is 11.7 Å². The molecule has 0 N–H and O–H groups in total. The number of hydrogen-bond donors (Lipinski definition) is 0. The number of rotatable bonds is 4. The van der Waals surface area contributed by atoms with Crippen LogP contribution in [0.15, 0.2) is 42.7 Å². The van der Waals surface area contributed by atoms with Crippen LogP contribution in [0.1, 0.15) is 5.56 Å². The number of nitrogens with zero attached hydrogens (tertiary/aromatic N) is 6. The molecule has 0 spiro atoms. The molecule has 0 radical (unpaired) electrons. The number of fused-ring (bicyclic) bond motifs is 1. The van der Waals surface area contributed by atoms with Crippen LogP contribution in [0.5, 0.6) is 11.5 Å². The maximum atomic E-state index is 13.5. The Kier molecular flexibility index (Phi) is 6.11. The maximum absolute atomic E-state index is 13.5. The molecule has 194 valence electrons. The zero-order valence-electron chi connectivity index (χ0n) is 19.9. The second-order valence-corrected chi connectivity index (χ2v) is 8.92. The first-order valence-corrected chi connectivity index (χ1v) is 12.1. The van der Waals surface area contributed by atoms with Crippen molar-refractivity contribution in [3.8, 4) is 22.6 Å². The SMILES string of the molecule is FC(F)(F)c1cccnc1N1CCN(c2ncc(-c3ccc4c(c3)OCO4)c(N3CCOCC3)n2)CC1. The molecule has 9 nitrogen and oxygen atoms in total. The highest BCUT2D eigenvalue weighted by atomic mass is 19.4. The molecule has 0 aliphatic carbocycles. The Morgan fingerprint density at radius 2 is 1.51 bits per heavy atom. The van der Waals surface area contributed by atoms with Crippen molar-refractivity contribution in [1.29, 1.82) is 0 Å². The van der Waals surface area contributed by atoms with Gasteiger partial charge in [-0.1, -0.05) is 6.07 Å². The Labute approximate surface area is 211 Å². The van der Waals surface area contributed by atoms with Crippen LogP contribution in [-0.4, -0.2) is 74.2 Å². The number of anilines is 3. The third-order valence-electron chi connectivity index (χ3n) is 6.70. The molecule has 37 heavy (non-hydrogen) atoms. The van der Waals surface area contributed by atoms with E-state index in [9.17, 15) is 13.2 Å². The summed E-state index contributed by atoms with van der Waals surface area (Å²) in [5, 5.41) is 0. The van der Waals surface area contributed by atoms with Gasteiger partial charge in [0.05, 0.1) is 18.8 Å². The fourth-order valence-corrected chi connectivity index (χ4v) is 4.79. The van der Waals surface area contributed by atoms with Crippen molar-refractivity contribution in [2.45, 2.75) is 6.18 Å². The molecule has 3 aliphatic heterocycles. The van der Waals surface area contributed by atoms with Crippen LogP contribution in [0, 0.1) is 0 Å². The zero-order chi connectivity index (χ0) is 25.4. The summed E-state index contributed by atoms with van der Waals surface area (Å²) in [4.78, 5) is 19.5. The lowest BCUT2D eigenvalue weighted by Gasteiger charge is -2.37. The van der Waals surface area contributed by atoms with E-state index in [0.717, 1.165) is 23.0 Å². The molecule has 0 bridgehead atoms. The average molecular weight is 515 g/mol. The van der Waals surface area contributed by atoms with E-state index in [1.165, 1.54) is 12.3 Å². The summed E-state index contributed by atoms with van der Waals surface area (Å²) >= 11 is 0. The normalized spacial score (nSPS) is 17.9. The average Bonchev–Trinajstić information content (AvgIpc) is 3.41. The van der Waals surface area contributed by atoms with E-state index in [4.69, 9.17) is 19.2 Å². The highest BCUT2D eigenvalue weighted by molar-refractivity contribution is 5.78. The molecule has 12 heteroatoms. The van der Waals surface area contributed by atoms with Crippen molar-refractivity contribution in [3.63, 3.8) is 0 Å². The molecule has 2 aromatic heterocycles. The lowest BCUT2D eigenvalue weighted by molar-refractivity contribution is -0.137. The summed E-state index contributed by atoms with van der Waals surface area (Å²) in [5.74, 6) is 2.68. The van der Waals surface area contributed by atoms with Gasteiger partial charge in [0.1, 0.15) is 11.6 Å². The molecule has 0 unspecified atom stereocenters. The molecular formula is C25H25F3N6O3. The molecule has 1 aromatic carbocycles. The first-order valence-electron chi connectivity index (χ1n) is 12.1. The molecule has 2 saturated heterocycles. The molecular weight excluding hydrogens is 489 g/mol. The maximum Gasteiger partial charge on any atom is 0.419 e. The topological polar surface area (TPSA) is 76.1 Å². The Morgan fingerprint density at radius 3 is 2.30 bits per heavy atom. The Hall–Kier alpha value is -3.80. The van der Waals surface area contributed by atoms with Gasteiger partial charge in [-0.15, -0.1) is 0 Å². The summed E-state index contributed by atoms with van der Waals surface area (Å²) in [6, 6.07) is 8.14. The fourth-order valence-electron chi connectivity index (χ4n) is 4.79. The minimum Gasteiger partial charge on any atom is -0.454 e. The number of benzene rings is 1. The second kappa shape index (κ2) is 9.58. The zero-order valence-corrected chi connectivity index (χ0v) is 19.9. The number of halogens is 3. The number of aromatic nitrogens is 3. The van der Waals surface area contributed by atoms with Crippen molar-refractivity contribution < 1.29 is 27.4 Å². The standard InChI is InChI=1S/C25H25F3N6O3/c26-25(27,28)19-2-1-5-29-23(19)32-6-8-34(9-7-32)24-30-15-18(22(31-24)33-10-12-35-13-11-33)17-3-4-20-21(14-17)37-16-36-20/h1-5,14-15H,6-13,16H2. The predicted molar refractivity (Wildman–Crippen MR) is 130 cm³/mol. The monoisotopic (exact) mass is 514 g/mol. The molecule has 0 amide bonds. The lowest BCUT2D eigenvalue weighted by atomic mass is 10.1. The highest BCUT2D eigenvalue weighted by Crippen LogP contribution is 2.39. The summed E-state index contributed by atoms with van der Waals surface area (Å²) in [6.45, 7) is 4.48. The van der Waals surface area contributed by atoms with Crippen molar-refractivity contribution in [2.75, 3.05) is 74.0 Å². The molecule has 0 saturated carbocycles. The molecule has 2 fully saturated rings. The van der Waals surface area contributed by atoms with Crippen LogP contribution in [-0.2, 0) is 10.9 Å². The number of hydrogen-bond acceptors (Lipinski definition) is 9. The summed E-state index contributed by atoms with van der Waals surface area (Å²) in [5.41, 5.74) is 1.06. The highest BCUT2D eigenvalue weighted by Gasteiger charge is 2.36. The van der Waals surface area contributed by atoms with Gasteiger partial charge in [-0.25, -0.2) is 9.97 Å². The van der Waals surface area contributed by atoms with Crippen LogP contribution >= 0.6 is 0 Å². The van der Waals surface area contributed by atoms with Gasteiger partial charge in [0.25, 0.3) is 0 Å². The van der Waals surface area contributed by atoms with Crippen LogP contribution in [0.3, 0.4) is 0 Å². The van der Waals surface area contributed by atoms with E-state index in [1.807, 2.05) is 23.1 Å². The van der Waals surface area contributed by atoms with E-state index >= 15 is 0 Å². The number of alkyl halides is 3. The van der Waals surface area contributed by atoms with Crippen molar-refractivity contribution >= 4 is 17.6 Å². The molecule has 5 heterocycles. The van der Waals surface area contributed by atoms with Gasteiger partial charge in [-0.2, -0.15) is 18.2 Å². The Balaban J connectivity index is 1.26. The lowest BCUT2D eigenvalue weighted by Crippen LogP contribution is -2.48. The van der Waals surface area contributed by atoms with Crippen LogP contribution in [0.2, 0.25) is 0 Å². The first kappa shape index (κ1) is 23.6. The summed E-state index contributed by atoms with van der Waals surface area (Å²) < 4.78 is 57.0.